The Bertz CT molecular complexity index is 440. The van der Waals surface area contributed by atoms with Crippen LogP contribution in [0, 0.1) is 10.1 Å². The molecule has 0 spiro atoms. The molecule has 1 rings (SSSR count). The van der Waals surface area contributed by atoms with Crippen LogP contribution >= 0.6 is 0 Å². The summed E-state index contributed by atoms with van der Waals surface area (Å²) in [7, 11) is 3.22. The Kier molecular flexibility index (Phi) is 4.13. The average Bonchev–Trinajstić information content (AvgIpc) is 2.26. The van der Waals surface area contributed by atoms with Gasteiger partial charge in [-0.15, -0.1) is 0 Å². The molecule has 0 heterocycles. The molecule has 1 aromatic carbocycles. The zero-order chi connectivity index (χ0) is 13.9. The Hall–Kier alpha value is -1.82. The van der Waals surface area contributed by atoms with Gasteiger partial charge in [0.1, 0.15) is 5.75 Å². The summed E-state index contributed by atoms with van der Waals surface area (Å²) in [5, 5.41) is 20.6. The molecule has 6 nitrogen and oxygen atoms in total. The van der Waals surface area contributed by atoms with E-state index >= 15 is 0 Å². The van der Waals surface area contributed by atoms with Crippen LogP contribution in [0.4, 0.5) is 11.4 Å². The lowest BCUT2D eigenvalue weighted by Gasteiger charge is -2.27. The standard InChI is InChI=1S/C12H18N2O4/c1-12(2,15)8-13(3)9-5-10(14(16)17)7-11(6-9)18-4/h5-7,15H,8H2,1-4H3. The summed E-state index contributed by atoms with van der Waals surface area (Å²) >= 11 is 0. The van der Waals surface area contributed by atoms with E-state index in [0.29, 0.717) is 18.0 Å². The highest BCUT2D eigenvalue weighted by atomic mass is 16.6. The van der Waals surface area contributed by atoms with Crippen molar-refractivity contribution in [2.45, 2.75) is 19.4 Å². The summed E-state index contributed by atoms with van der Waals surface area (Å²) in [5.74, 6) is 0.418. The summed E-state index contributed by atoms with van der Waals surface area (Å²) < 4.78 is 5.03. The molecular formula is C12H18N2O4. The van der Waals surface area contributed by atoms with Crippen molar-refractivity contribution >= 4 is 11.4 Å². The number of non-ortho nitro benzene ring substituents is 1. The topological polar surface area (TPSA) is 75.8 Å². The number of nitrogens with zero attached hydrogens (tertiary/aromatic N) is 2. The molecule has 0 atom stereocenters. The molecule has 0 saturated carbocycles. The van der Waals surface area contributed by atoms with E-state index in [1.807, 2.05) is 0 Å². The molecule has 0 aliphatic carbocycles. The SMILES string of the molecule is COc1cc(N(C)CC(C)(C)O)cc([N+](=O)[O-])c1. The summed E-state index contributed by atoms with van der Waals surface area (Å²) in [6.45, 7) is 3.72. The summed E-state index contributed by atoms with van der Waals surface area (Å²) in [5.41, 5.74) is -0.290. The molecule has 0 aliphatic heterocycles. The van der Waals surface area contributed by atoms with Crippen molar-refractivity contribution in [3.8, 4) is 5.75 Å². The van der Waals surface area contributed by atoms with Crippen molar-refractivity contribution in [2.75, 3.05) is 25.6 Å². The monoisotopic (exact) mass is 254 g/mol. The van der Waals surface area contributed by atoms with Gasteiger partial charge in [0, 0.05) is 31.4 Å². The van der Waals surface area contributed by atoms with Crippen LogP contribution in [0.5, 0.6) is 5.75 Å². The van der Waals surface area contributed by atoms with E-state index in [4.69, 9.17) is 4.74 Å². The highest BCUT2D eigenvalue weighted by Gasteiger charge is 2.18. The first-order valence-corrected chi connectivity index (χ1v) is 5.50. The zero-order valence-electron chi connectivity index (χ0n) is 11.0. The van der Waals surface area contributed by atoms with Crippen LogP contribution in [0.25, 0.3) is 0 Å². The molecule has 6 heteroatoms. The molecule has 1 aromatic rings. The van der Waals surface area contributed by atoms with Gasteiger partial charge in [0.25, 0.3) is 5.69 Å². The minimum atomic E-state index is -0.882. The van der Waals surface area contributed by atoms with Crippen molar-refractivity contribution in [3.05, 3.63) is 28.3 Å². The van der Waals surface area contributed by atoms with Crippen LogP contribution in [0.1, 0.15) is 13.8 Å². The molecule has 0 aliphatic rings. The number of hydrogen-bond donors (Lipinski definition) is 1. The van der Waals surface area contributed by atoms with Crippen molar-refractivity contribution < 1.29 is 14.8 Å². The van der Waals surface area contributed by atoms with Gasteiger partial charge in [-0.2, -0.15) is 0 Å². The van der Waals surface area contributed by atoms with E-state index in [9.17, 15) is 15.2 Å². The van der Waals surface area contributed by atoms with E-state index in [0.717, 1.165) is 0 Å². The van der Waals surface area contributed by atoms with Gasteiger partial charge in [0.15, 0.2) is 0 Å². The van der Waals surface area contributed by atoms with Crippen LogP contribution in [0.15, 0.2) is 18.2 Å². The summed E-state index contributed by atoms with van der Waals surface area (Å²) in [6, 6.07) is 4.51. The van der Waals surface area contributed by atoms with Gasteiger partial charge in [0.2, 0.25) is 0 Å². The quantitative estimate of drug-likeness (QED) is 0.640. The second kappa shape index (κ2) is 5.22. The first-order chi connectivity index (χ1) is 8.23. The molecule has 0 bridgehead atoms. The van der Waals surface area contributed by atoms with E-state index in [2.05, 4.69) is 0 Å². The summed E-state index contributed by atoms with van der Waals surface area (Å²) in [4.78, 5) is 12.1. The molecular weight excluding hydrogens is 236 g/mol. The van der Waals surface area contributed by atoms with Crippen LogP contribution in [-0.4, -0.2) is 36.3 Å². The van der Waals surface area contributed by atoms with Gasteiger partial charge in [0.05, 0.1) is 23.7 Å². The molecule has 100 valence electrons. The van der Waals surface area contributed by atoms with Gasteiger partial charge in [-0.3, -0.25) is 10.1 Å². The van der Waals surface area contributed by atoms with E-state index in [-0.39, 0.29) is 5.69 Å². The first kappa shape index (κ1) is 14.2. The van der Waals surface area contributed by atoms with Crippen LogP contribution in [0.3, 0.4) is 0 Å². The molecule has 1 N–H and O–H groups in total. The number of aliphatic hydroxyl groups is 1. The maximum absolute atomic E-state index is 10.8. The van der Waals surface area contributed by atoms with Gasteiger partial charge >= 0.3 is 0 Å². The third-order valence-corrected chi connectivity index (χ3v) is 2.39. The van der Waals surface area contributed by atoms with Crippen molar-refractivity contribution in [1.29, 1.82) is 0 Å². The number of ether oxygens (including phenoxy) is 1. The Morgan fingerprint density at radius 1 is 1.44 bits per heavy atom. The van der Waals surface area contributed by atoms with Crippen LogP contribution < -0.4 is 9.64 Å². The van der Waals surface area contributed by atoms with Gasteiger partial charge in [-0.25, -0.2) is 0 Å². The number of nitro benzene ring substituents is 1. The zero-order valence-corrected chi connectivity index (χ0v) is 11.0. The molecule has 0 aromatic heterocycles. The first-order valence-electron chi connectivity index (χ1n) is 5.50. The fraction of sp³-hybridized carbons (Fsp3) is 0.500. The van der Waals surface area contributed by atoms with Crippen molar-refractivity contribution in [2.24, 2.45) is 0 Å². The summed E-state index contributed by atoms with van der Waals surface area (Å²) in [6.07, 6.45) is 0. The second-order valence-electron chi connectivity index (χ2n) is 4.81. The lowest BCUT2D eigenvalue weighted by atomic mass is 10.1. The third kappa shape index (κ3) is 3.89. The number of nitro groups is 1. The number of likely N-dealkylation sites (N-methyl/N-ethyl adjacent to an activating group) is 1. The molecule has 0 saturated heterocycles. The van der Waals surface area contributed by atoms with Gasteiger partial charge in [-0.1, -0.05) is 0 Å². The largest absolute Gasteiger partial charge is 0.496 e. The molecule has 0 fully saturated rings. The molecule has 0 amide bonds. The number of hydrogen-bond acceptors (Lipinski definition) is 5. The van der Waals surface area contributed by atoms with E-state index < -0.39 is 10.5 Å². The Morgan fingerprint density at radius 2 is 2.06 bits per heavy atom. The van der Waals surface area contributed by atoms with Crippen LogP contribution in [-0.2, 0) is 0 Å². The van der Waals surface area contributed by atoms with E-state index in [1.165, 1.54) is 19.2 Å². The third-order valence-electron chi connectivity index (χ3n) is 2.39. The lowest BCUT2D eigenvalue weighted by Crippen LogP contribution is -2.36. The maximum Gasteiger partial charge on any atom is 0.275 e. The fourth-order valence-corrected chi connectivity index (χ4v) is 1.68. The predicted octanol–water partition coefficient (Wildman–Crippen LogP) is 1.81. The number of rotatable bonds is 5. The van der Waals surface area contributed by atoms with E-state index in [1.54, 1.807) is 31.9 Å². The number of anilines is 1. The lowest BCUT2D eigenvalue weighted by molar-refractivity contribution is -0.384. The Morgan fingerprint density at radius 3 is 2.50 bits per heavy atom. The number of methoxy groups -OCH3 is 1. The van der Waals surface area contributed by atoms with Gasteiger partial charge < -0.3 is 14.7 Å². The maximum atomic E-state index is 10.8. The Balaban J connectivity index is 3.07. The van der Waals surface area contributed by atoms with Gasteiger partial charge in [-0.05, 0) is 13.8 Å². The smallest absolute Gasteiger partial charge is 0.275 e. The average molecular weight is 254 g/mol. The number of benzene rings is 1. The molecule has 18 heavy (non-hydrogen) atoms. The minimum absolute atomic E-state index is 0.0352. The fourth-order valence-electron chi connectivity index (χ4n) is 1.68. The minimum Gasteiger partial charge on any atom is -0.496 e. The second-order valence-corrected chi connectivity index (χ2v) is 4.81. The molecule has 0 radical (unpaired) electrons. The highest BCUT2D eigenvalue weighted by Crippen LogP contribution is 2.28. The van der Waals surface area contributed by atoms with Crippen molar-refractivity contribution in [3.63, 3.8) is 0 Å². The normalized spacial score (nSPS) is 11.2. The van der Waals surface area contributed by atoms with Crippen LogP contribution in [0.2, 0.25) is 0 Å². The highest BCUT2D eigenvalue weighted by molar-refractivity contribution is 5.57. The predicted molar refractivity (Wildman–Crippen MR) is 69.2 cm³/mol. The Labute approximate surface area is 106 Å². The molecule has 0 unspecified atom stereocenters. The van der Waals surface area contributed by atoms with Crippen molar-refractivity contribution in [1.82, 2.24) is 0 Å².